The normalized spacial score (nSPS) is 11.6. The Kier molecular flexibility index (Phi) is 11.1. The summed E-state index contributed by atoms with van der Waals surface area (Å²) < 4.78 is 11.0. The van der Waals surface area contributed by atoms with E-state index in [4.69, 9.17) is 9.26 Å². The van der Waals surface area contributed by atoms with Crippen LogP contribution in [0, 0.1) is 0 Å². The van der Waals surface area contributed by atoms with Gasteiger partial charge in [0.15, 0.2) is 11.7 Å². The van der Waals surface area contributed by atoms with E-state index in [9.17, 15) is 0 Å². The first-order valence-electron chi connectivity index (χ1n) is 9.65. The Morgan fingerprint density at radius 3 is 2.54 bits per heavy atom. The van der Waals surface area contributed by atoms with Gasteiger partial charge in [-0.2, -0.15) is 0 Å². The number of aliphatic imine (C=N–C) groups is 1. The highest BCUT2D eigenvalue weighted by Crippen LogP contribution is 2.14. The van der Waals surface area contributed by atoms with Crippen molar-refractivity contribution < 1.29 is 9.26 Å². The highest BCUT2D eigenvalue weighted by molar-refractivity contribution is 14.0. The quantitative estimate of drug-likeness (QED) is 0.299. The first-order chi connectivity index (χ1) is 13.0. The molecule has 0 spiro atoms. The minimum absolute atomic E-state index is 0. The molecular formula is C21H33IN4O2. The van der Waals surface area contributed by atoms with Crippen molar-refractivity contribution in [2.75, 3.05) is 6.54 Å². The van der Waals surface area contributed by atoms with Crippen molar-refractivity contribution >= 4 is 29.9 Å². The predicted molar refractivity (Wildman–Crippen MR) is 124 cm³/mol. The van der Waals surface area contributed by atoms with Gasteiger partial charge >= 0.3 is 0 Å². The number of rotatable bonds is 9. The third kappa shape index (κ3) is 8.60. The second kappa shape index (κ2) is 12.8. The summed E-state index contributed by atoms with van der Waals surface area (Å²) in [4.78, 5) is 4.67. The van der Waals surface area contributed by atoms with Crippen LogP contribution in [0.25, 0.3) is 0 Å². The van der Waals surface area contributed by atoms with Crippen LogP contribution < -0.4 is 10.6 Å². The van der Waals surface area contributed by atoms with E-state index in [1.807, 2.05) is 32.9 Å². The Morgan fingerprint density at radius 1 is 1.14 bits per heavy atom. The monoisotopic (exact) mass is 500 g/mol. The summed E-state index contributed by atoms with van der Waals surface area (Å²) in [6.45, 7) is 12.9. The number of halogens is 1. The highest BCUT2D eigenvalue weighted by Gasteiger charge is 2.08. The fourth-order valence-corrected chi connectivity index (χ4v) is 2.45. The van der Waals surface area contributed by atoms with Crippen molar-refractivity contribution in [2.24, 2.45) is 4.99 Å². The molecule has 2 rings (SSSR count). The molecule has 2 aromatic rings. The number of hydrogen-bond donors (Lipinski definition) is 2. The van der Waals surface area contributed by atoms with E-state index in [0.29, 0.717) is 25.6 Å². The number of hydrogen-bond acceptors (Lipinski definition) is 4. The Bertz CT molecular complexity index is 729. The third-order valence-corrected chi connectivity index (χ3v) is 3.94. The van der Waals surface area contributed by atoms with Gasteiger partial charge in [0.25, 0.3) is 0 Å². The van der Waals surface area contributed by atoms with Crippen LogP contribution in [0.4, 0.5) is 0 Å². The van der Waals surface area contributed by atoms with Gasteiger partial charge in [0.2, 0.25) is 0 Å². The summed E-state index contributed by atoms with van der Waals surface area (Å²) >= 11 is 0. The van der Waals surface area contributed by atoms with Crippen molar-refractivity contribution in [3.63, 3.8) is 0 Å². The fraction of sp³-hybridized carbons (Fsp3) is 0.524. The lowest BCUT2D eigenvalue weighted by Crippen LogP contribution is -2.36. The van der Waals surface area contributed by atoms with E-state index in [1.165, 1.54) is 0 Å². The minimum atomic E-state index is 0. The first-order valence-corrected chi connectivity index (χ1v) is 9.65. The van der Waals surface area contributed by atoms with Crippen molar-refractivity contribution in [1.82, 2.24) is 15.8 Å². The van der Waals surface area contributed by atoms with Gasteiger partial charge in [-0.25, -0.2) is 4.99 Å². The molecule has 28 heavy (non-hydrogen) atoms. The van der Waals surface area contributed by atoms with Crippen LogP contribution in [-0.4, -0.2) is 23.8 Å². The lowest BCUT2D eigenvalue weighted by Gasteiger charge is -2.11. The summed E-state index contributed by atoms with van der Waals surface area (Å²) in [5.41, 5.74) is 3.28. The average Bonchev–Trinajstić information content (AvgIpc) is 3.12. The lowest BCUT2D eigenvalue weighted by atomic mass is 10.1. The molecular weight excluding hydrogens is 467 g/mol. The molecule has 7 heteroatoms. The minimum Gasteiger partial charge on any atom is -0.374 e. The summed E-state index contributed by atoms with van der Waals surface area (Å²) in [7, 11) is 0. The van der Waals surface area contributed by atoms with Crippen molar-refractivity contribution in [2.45, 2.75) is 66.3 Å². The summed E-state index contributed by atoms with van der Waals surface area (Å²) in [6, 6.07) is 10.3. The topological polar surface area (TPSA) is 71.7 Å². The van der Waals surface area contributed by atoms with E-state index < -0.39 is 0 Å². The Hall–Kier alpha value is -1.61. The van der Waals surface area contributed by atoms with E-state index >= 15 is 0 Å². The molecule has 1 heterocycles. The number of benzene rings is 1. The second-order valence-electron chi connectivity index (χ2n) is 7.10. The molecule has 156 valence electrons. The van der Waals surface area contributed by atoms with Crippen LogP contribution in [0.5, 0.6) is 0 Å². The number of guanidine groups is 1. The van der Waals surface area contributed by atoms with Crippen molar-refractivity contribution in [3.8, 4) is 0 Å². The molecule has 0 unspecified atom stereocenters. The molecule has 0 saturated carbocycles. The Labute approximate surface area is 185 Å². The van der Waals surface area contributed by atoms with Gasteiger partial charge < -0.3 is 19.9 Å². The highest BCUT2D eigenvalue weighted by atomic mass is 127. The van der Waals surface area contributed by atoms with Crippen molar-refractivity contribution in [3.05, 3.63) is 52.9 Å². The van der Waals surface area contributed by atoms with E-state index in [1.54, 1.807) is 0 Å². The lowest BCUT2D eigenvalue weighted by molar-refractivity contribution is 0.0657. The number of nitrogens with one attached hydrogen (secondary N) is 2. The van der Waals surface area contributed by atoms with Crippen LogP contribution in [-0.2, 0) is 24.4 Å². The van der Waals surface area contributed by atoms with Crippen LogP contribution in [0.1, 0.15) is 63.1 Å². The molecule has 6 nitrogen and oxygen atoms in total. The maximum Gasteiger partial charge on any atom is 0.191 e. The average molecular weight is 500 g/mol. The largest absolute Gasteiger partial charge is 0.374 e. The molecule has 0 radical (unpaired) electrons. The van der Waals surface area contributed by atoms with Gasteiger partial charge in [-0.05, 0) is 37.8 Å². The summed E-state index contributed by atoms with van der Waals surface area (Å²) in [6.07, 6.45) is 0.225. The molecule has 0 aliphatic carbocycles. The van der Waals surface area contributed by atoms with Gasteiger partial charge in [-0.3, -0.25) is 0 Å². The zero-order valence-corrected chi connectivity index (χ0v) is 19.8. The van der Waals surface area contributed by atoms with E-state index in [2.05, 4.69) is 52.8 Å². The molecule has 1 aromatic heterocycles. The smallest absolute Gasteiger partial charge is 0.191 e. The number of aromatic nitrogens is 1. The summed E-state index contributed by atoms with van der Waals surface area (Å²) in [5.74, 6) is 1.91. The standard InChI is InChI=1S/C21H32N4O2.HI/c1-6-22-21(24-13-19-11-20(15(2)3)25-27-19)23-12-17-8-7-9-18(10-17)14-26-16(4)5;/h7-11,15-16H,6,12-14H2,1-5H3,(H2,22,23,24);1H. The number of ether oxygens (including phenoxy) is 1. The van der Waals surface area contributed by atoms with Gasteiger partial charge in [0.1, 0.15) is 0 Å². The van der Waals surface area contributed by atoms with Gasteiger partial charge in [-0.15, -0.1) is 24.0 Å². The maximum absolute atomic E-state index is 5.68. The second-order valence-corrected chi connectivity index (χ2v) is 7.10. The summed E-state index contributed by atoms with van der Waals surface area (Å²) in [5, 5.41) is 10.6. The molecule has 0 fully saturated rings. The number of nitrogens with zero attached hydrogens (tertiary/aromatic N) is 2. The maximum atomic E-state index is 5.68. The van der Waals surface area contributed by atoms with Crippen LogP contribution in [0.2, 0.25) is 0 Å². The van der Waals surface area contributed by atoms with Crippen LogP contribution in [0.15, 0.2) is 39.8 Å². The van der Waals surface area contributed by atoms with E-state index in [-0.39, 0.29) is 30.1 Å². The fourth-order valence-electron chi connectivity index (χ4n) is 2.45. The Morgan fingerprint density at radius 2 is 1.89 bits per heavy atom. The molecule has 0 aliphatic heterocycles. The van der Waals surface area contributed by atoms with Crippen LogP contribution in [0.3, 0.4) is 0 Å². The SMILES string of the molecule is CCNC(=NCc1cccc(COC(C)C)c1)NCc1cc(C(C)C)no1.I. The van der Waals surface area contributed by atoms with Gasteiger partial charge in [0.05, 0.1) is 31.5 Å². The van der Waals surface area contributed by atoms with Gasteiger partial charge in [0, 0.05) is 12.6 Å². The molecule has 0 saturated heterocycles. The van der Waals surface area contributed by atoms with Crippen molar-refractivity contribution in [1.29, 1.82) is 0 Å². The molecule has 0 amide bonds. The zero-order valence-electron chi connectivity index (χ0n) is 17.5. The predicted octanol–water partition coefficient (Wildman–Crippen LogP) is 4.60. The first kappa shape index (κ1) is 24.4. The zero-order chi connectivity index (χ0) is 19.6. The van der Waals surface area contributed by atoms with Gasteiger partial charge in [-0.1, -0.05) is 43.3 Å². The Balaban J connectivity index is 0.00000392. The molecule has 0 aliphatic rings. The third-order valence-electron chi connectivity index (χ3n) is 3.94. The molecule has 1 aromatic carbocycles. The molecule has 0 bridgehead atoms. The molecule has 0 atom stereocenters. The van der Waals surface area contributed by atoms with Crippen LogP contribution >= 0.6 is 24.0 Å². The molecule has 2 N–H and O–H groups in total. The van der Waals surface area contributed by atoms with E-state index in [0.717, 1.165) is 35.1 Å².